The van der Waals surface area contributed by atoms with Crippen molar-refractivity contribution >= 4 is 11.9 Å². The smallest absolute Gasteiger partial charge is 0.233 e. The van der Waals surface area contributed by atoms with Crippen molar-refractivity contribution in [3.63, 3.8) is 0 Å². The molecule has 1 saturated carbocycles. The van der Waals surface area contributed by atoms with Crippen molar-refractivity contribution in [2.24, 2.45) is 0 Å². The van der Waals surface area contributed by atoms with Crippen LogP contribution >= 0.6 is 0 Å². The van der Waals surface area contributed by atoms with Gasteiger partial charge < -0.3 is 4.74 Å². The second-order valence-corrected chi connectivity index (χ2v) is 6.40. The van der Waals surface area contributed by atoms with Crippen LogP contribution in [0.25, 0.3) is 23.0 Å². The summed E-state index contributed by atoms with van der Waals surface area (Å²) < 4.78 is 9.24. The molecule has 0 spiro atoms. The Kier molecular flexibility index (Phi) is 3.25. The van der Waals surface area contributed by atoms with Gasteiger partial charge in [-0.3, -0.25) is 4.40 Å². The Morgan fingerprint density at radius 1 is 1.28 bits per heavy atom. The highest BCUT2D eigenvalue weighted by Gasteiger charge is 2.30. The molecular weight excluding hydrogens is 318 g/mol. The minimum Gasteiger partial charge on any atom is -0.381 e. The summed E-state index contributed by atoms with van der Waals surface area (Å²) in [6, 6.07) is 2.52. The molecule has 1 fully saturated rings. The largest absolute Gasteiger partial charge is 0.381 e. The molecule has 4 heterocycles. The highest BCUT2D eigenvalue weighted by Crippen LogP contribution is 2.27. The zero-order chi connectivity index (χ0) is 16.8. The van der Waals surface area contributed by atoms with Crippen LogP contribution in [-0.2, 0) is 4.74 Å². The highest BCUT2D eigenvalue weighted by atomic mass is 16.5. The van der Waals surface area contributed by atoms with Crippen molar-refractivity contribution in [2.45, 2.75) is 25.0 Å². The third-order valence-corrected chi connectivity index (χ3v) is 4.83. The molecule has 0 atom stereocenters. The van der Waals surface area contributed by atoms with E-state index < -0.39 is 0 Å². The lowest BCUT2D eigenvalue weighted by Crippen LogP contribution is -2.54. The molecule has 8 heteroatoms. The van der Waals surface area contributed by atoms with Gasteiger partial charge in [0.1, 0.15) is 0 Å². The lowest BCUT2D eigenvalue weighted by atomic mass is 9.90. The first-order chi connectivity index (χ1) is 12.3. The lowest BCUT2D eigenvalue weighted by molar-refractivity contribution is -0.000121. The first kappa shape index (κ1) is 14.5. The number of hydrazine groups is 2. The average molecular weight is 337 g/mol. The Bertz CT molecular complexity index is 938. The summed E-state index contributed by atoms with van der Waals surface area (Å²) in [5.74, 6) is 0.704. The van der Waals surface area contributed by atoms with E-state index in [1.807, 2.05) is 45.2 Å². The van der Waals surface area contributed by atoms with Crippen molar-refractivity contribution in [2.75, 3.05) is 12.6 Å². The van der Waals surface area contributed by atoms with Gasteiger partial charge in [-0.1, -0.05) is 0 Å². The quantitative estimate of drug-likeness (QED) is 0.754. The summed E-state index contributed by atoms with van der Waals surface area (Å²) in [5, 5.41) is 1.89. The molecule has 0 unspecified atom stereocenters. The van der Waals surface area contributed by atoms with Crippen LogP contribution < -0.4 is 11.0 Å². The van der Waals surface area contributed by atoms with Crippen LogP contribution in [0.2, 0.25) is 0 Å². The number of hydrogen-bond acceptors (Lipinski definition) is 6. The van der Waals surface area contributed by atoms with Crippen LogP contribution in [0.3, 0.4) is 0 Å². The number of fused-ring (bicyclic) bond motifs is 2. The Morgan fingerprint density at radius 3 is 3.08 bits per heavy atom. The zero-order valence-electron chi connectivity index (χ0n) is 13.8. The molecule has 1 aliphatic carbocycles. The molecule has 0 aromatic carbocycles. The maximum Gasteiger partial charge on any atom is 0.233 e. The number of aromatic nitrogens is 4. The maximum atomic E-state index is 5.32. The second-order valence-electron chi connectivity index (χ2n) is 6.40. The van der Waals surface area contributed by atoms with E-state index in [2.05, 4.69) is 33.1 Å². The van der Waals surface area contributed by atoms with Gasteiger partial charge in [0.25, 0.3) is 0 Å². The van der Waals surface area contributed by atoms with E-state index >= 15 is 0 Å². The SMILES string of the molecule is CO[C@H]1C[C@@H](NN2C=Cc3c(-c4cnc5nccn5c4)ccn3N2)C1. The fourth-order valence-electron chi connectivity index (χ4n) is 3.33. The van der Waals surface area contributed by atoms with E-state index in [1.54, 1.807) is 13.3 Å². The van der Waals surface area contributed by atoms with Crippen LogP contribution in [0.15, 0.2) is 43.3 Å². The molecule has 5 rings (SSSR count). The third kappa shape index (κ3) is 2.46. The summed E-state index contributed by atoms with van der Waals surface area (Å²) in [4.78, 5) is 8.59. The molecule has 0 bridgehead atoms. The Labute approximate surface area is 144 Å². The predicted octanol–water partition coefficient (Wildman–Crippen LogP) is 1.62. The Hall–Kier alpha value is -2.84. The highest BCUT2D eigenvalue weighted by molar-refractivity contribution is 5.74. The van der Waals surface area contributed by atoms with Crippen molar-refractivity contribution in [1.29, 1.82) is 0 Å². The van der Waals surface area contributed by atoms with Crippen molar-refractivity contribution in [3.8, 4) is 11.1 Å². The number of ether oxygens (including phenoxy) is 1. The fraction of sp³-hybridized carbons (Fsp3) is 0.294. The van der Waals surface area contributed by atoms with Gasteiger partial charge in [-0.2, -0.15) is 0 Å². The molecule has 25 heavy (non-hydrogen) atoms. The number of nitrogens with one attached hydrogen (secondary N) is 2. The first-order valence-electron chi connectivity index (χ1n) is 8.33. The molecule has 1 aliphatic heterocycles. The Balaban J connectivity index is 1.36. The first-order valence-corrected chi connectivity index (χ1v) is 8.33. The van der Waals surface area contributed by atoms with E-state index in [1.165, 1.54) is 0 Å². The molecule has 2 aliphatic rings. The van der Waals surface area contributed by atoms with E-state index in [4.69, 9.17) is 4.74 Å². The Morgan fingerprint density at radius 2 is 2.20 bits per heavy atom. The van der Waals surface area contributed by atoms with Crippen molar-refractivity contribution < 1.29 is 4.74 Å². The van der Waals surface area contributed by atoms with Gasteiger partial charge in [0.2, 0.25) is 5.78 Å². The standard InChI is InChI=1S/C17H19N7O/c1-25-14-8-13(9-14)20-24-6-3-16-15(2-5-23(16)21-24)12-10-19-17-18-4-7-22(17)11-12/h2-7,10-11,13-14,20-21H,8-9H2,1H3/t13-,14+. The summed E-state index contributed by atoms with van der Waals surface area (Å²) in [6.07, 6.45) is 16.1. The molecule has 3 aromatic heterocycles. The van der Waals surface area contributed by atoms with Gasteiger partial charge in [-0.25, -0.2) is 30.7 Å². The normalized spacial score (nSPS) is 21.9. The topological polar surface area (TPSA) is 71.6 Å². The minimum atomic E-state index is 0.380. The summed E-state index contributed by atoms with van der Waals surface area (Å²) in [6.45, 7) is 0. The van der Waals surface area contributed by atoms with Crippen LogP contribution in [-0.4, -0.2) is 43.4 Å². The van der Waals surface area contributed by atoms with Gasteiger partial charge in [0.05, 0.1) is 11.8 Å². The summed E-state index contributed by atoms with van der Waals surface area (Å²) >= 11 is 0. The zero-order valence-corrected chi connectivity index (χ0v) is 13.8. The van der Waals surface area contributed by atoms with Crippen molar-refractivity contribution in [1.82, 2.24) is 29.6 Å². The van der Waals surface area contributed by atoms with Gasteiger partial charge in [-0.15, -0.1) is 0 Å². The third-order valence-electron chi connectivity index (χ3n) is 4.83. The monoisotopic (exact) mass is 337 g/mol. The molecule has 3 aromatic rings. The molecule has 0 radical (unpaired) electrons. The summed E-state index contributed by atoms with van der Waals surface area (Å²) in [7, 11) is 1.77. The van der Waals surface area contributed by atoms with Crippen LogP contribution in [0, 0.1) is 0 Å². The summed E-state index contributed by atoms with van der Waals surface area (Å²) in [5.41, 5.74) is 10.0. The maximum absolute atomic E-state index is 5.32. The number of nitrogens with zero attached hydrogens (tertiary/aromatic N) is 5. The lowest BCUT2D eigenvalue weighted by Gasteiger charge is -2.39. The number of methoxy groups -OCH3 is 1. The van der Waals surface area contributed by atoms with Crippen LogP contribution in [0.5, 0.6) is 0 Å². The molecule has 8 nitrogen and oxygen atoms in total. The van der Waals surface area contributed by atoms with Gasteiger partial charge >= 0.3 is 0 Å². The molecular formula is C17H19N7O. The number of hydrogen-bond donors (Lipinski definition) is 2. The number of imidazole rings is 1. The van der Waals surface area contributed by atoms with Gasteiger partial charge in [0, 0.05) is 61.5 Å². The number of rotatable bonds is 4. The van der Waals surface area contributed by atoms with E-state index in [0.29, 0.717) is 17.9 Å². The van der Waals surface area contributed by atoms with E-state index in [-0.39, 0.29) is 0 Å². The average Bonchev–Trinajstić information content (AvgIpc) is 3.23. The van der Waals surface area contributed by atoms with Crippen LogP contribution in [0.1, 0.15) is 18.5 Å². The molecule has 2 N–H and O–H groups in total. The van der Waals surface area contributed by atoms with E-state index in [9.17, 15) is 0 Å². The fourth-order valence-corrected chi connectivity index (χ4v) is 3.33. The minimum absolute atomic E-state index is 0.380. The molecule has 0 amide bonds. The van der Waals surface area contributed by atoms with Crippen molar-refractivity contribution in [3.05, 3.63) is 48.9 Å². The van der Waals surface area contributed by atoms with Gasteiger partial charge in [-0.05, 0) is 25.0 Å². The van der Waals surface area contributed by atoms with E-state index in [0.717, 1.165) is 29.7 Å². The van der Waals surface area contributed by atoms with Gasteiger partial charge in [0.15, 0.2) is 0 Å². The molecule has 0 saturated heterocycles. The van der Waals surface area contributed by atoms with Crippen LogP contribution in [0.4, 0.5) is 0 Å². The molecule has 128 valence electrons. The second kappa shape index (κ2) is 5.61. The predicted molar refractivity (Wildman–Crippen MR) is 93.6 cm³/mol.